The molecule has 0 radical (unpaired) electrons. The van der Waals surface area contributed by atoms with Crippen LogP contribution >= 0.6 is 0 Å². The Morgan fingerprint density at radius 2 is 2.12 bits per heavy atom. The number of hydrogen-bond acceptors (Lipinski definition) is 4. The maximum absolute atomic E-state index is 13.1. The van der Waals surface area contributed by atoms with Gasteiger partial charge in [-0.15, -0.1) is 0 Å². The Bertz CT molecular complexity index is 726. The van der Waals surface area contributed by atoms with Crippen molar-refractivity contribution in [3.8, 4) is 0 Å². The molecule has 3 heterocycles. The molecule has 132 valence electrons. The quantitative estimate of drug-likeness (QED) is 0.854. The number of amides is 1. The first-order valence-electron chi connectivity index (χ1n) is 9.51. The van der Waals surface area contributed by atoms with E-state index < -0.39 is 0 Å². The molecule has 5 nitrogen and oxygen atoms in total. The summed E-state index contributed by atoms with van der Waals surface area (Å²) < 4.78 is 5.49. The SMILES string of the molecule is O=C(c1onc2c1CCCC2)N1CCCC[C@@H]1CCc1ccccn1. The summed E-state index contributed by atoms with van der Waals surface area (Å²) in [6, 6.07) is 6.29. The van der Waals surface area contributed by atoms with Crippen LogP contribution in [-0.4, -0.2) is 33.5 Å². The molecule has 0 unspecified atom stereocenters. The number of aromatic nitrogens is 2. The molecule has 1 atom stereocenters. The zero-order chi connectivity index (χ0) is 17.1. The monoisotopic (exact) mass is 339 g/mol. The van der Waals surface area contributed by atoms with E-state index in [2.05, 4.69) is 16.2 Å². The molecule has 5 heteroatoms. The molecule has 0 N–H and O–H groups in total. The lowest BCUT2D eigenvalue weighted by atomic mass is 9.94. The molecule has 25 heavy (non-hydrogen) atoms. The van der Waals surface area contributed by atoms with Gasteiger partial charge in [0.25, 0.3) is 5.91 Å². The van der Waals surface area contributed by atoms with Gasteiger partial charge >= 0.3 is 0 Å². The molecule has 2 aromatic heterocycles. The lowest BCUT2D eigenvalue weighted by Crippen LogP contribution is -2.44. The normalized spacial score (nSPS) is 20.3. The minimum absolute atomic E-state index is 0.0429. The lowest BCUT2D eigenvalue weighted by molar-refractivity contribution is 0.0558. The van der Waals surface area contributed by atoms with Gasteiger partial charge in [0.1, 0.15) is 0 Å². The molecule has 4 rings (SSSR count). The maximum Gasteiger partial charge on any atom is 0.293 e. The van der Waals surface area contributed by atoms with Crippen molar-refractivity contribution < 1.29 is 9.32 Å². The number of rotatable bonds is 4. The van der Waals surface area contributed by atoms with E-state index in [1.54, 1.807) is 0 Å². The van der Waals surface area contributed by atoms with Crippen LogP contribution < -0.4 is 0 Å². The Labute approximate surface area is 148 Å². The smallest absolute Gasteiger partial charge is 0.293 e. The zero-order valence-corrected chi connectivity index (χ0v) is 14.6. The molecule has 0 saturated carbocycles. The van der Waals surface area contributed by atoms with Crippen molar-refractivity contribution >= 4 is 5.91 Å². The molecule has 1 saturated heterocycles. The Morgan fingerprint density at radius 3 is 3.00 bits per heavy atom. The Hall–Kier alpha value is -2.17. The van der Waals surface area contributed by atoms with Crippen molar-refractivity contribution in [3.05, 3.63) is 47.1 Å². The third kappa shape index (κ3) is 3.46. The van der Waals surface area contributed by atoms with Crippen LogP contribution in [0.2, 0.25) is 0 Å². The van der Waals surface area contributed by atoms with Crippen molar-refractivity contribution in [2.75, 3.05) is 6.54 Å². The molecule has 0 bridgehead atoms. The molecular formula is C20H25N3O2. The number of pyridine rings is 1. The molecule has 2 aromatic rings. The number of hydrogen-bond donors (Lipinski definition) is 0. The minimum Gasteiger partial charge on any atom is -0.350 e. The zero-order valence-electron chi connectivity index (χ0n) is 14.6. The van der Waals surface area contributed by atoms with Gasteiger partial charge in [0.2, 0.25) is 5.76 Å². The second-order valence-electron chi connectivity index (χ2n) is 7.15. The number of carbonyl (C=O) groups excluding carboxylic acids is 1. The predicted octanol–water partition coefficient (Wildman–Crippen LogP) is 3.58. The summed E-state index contributed by atoms with van der Waals surface area (Å²) in [6.45, 7) is 0.821. The Balaban J connectivity index is 1.48. The Morgan fingerprint density at radius 1 is 1.20 bits per heavy atom. The molecule has 2 aliphatic rings. The van der Waals surface area contributed by atoms with Gasteiger partial charge in [0.15, 0.2) is 0 Å². The van der Waals surface area contributed by atoms with Gasteiger partial charge in [0.05, 0.1) is 5.69 Å². The highest BCUT2D eigenvalue weighted by molar-refractivity contribution is 5.93. The number of aryl methyl sites for hydroxylation is 2. The molecule has 1 fully saturated rings. The van der Waals surface area contributed by atoms with Crippen LogP contribution in [0.3, 0.4) is 0 Å². The number of carbonyl (C=O) groups is 1. The molecule has 0 spiro atoms. The summed E-state index contributed by atoms with van der Waals surface area (Å²) in [7, 11) is 0. The second kappa shape index (κ2) is 7.38. The fourth-order valence-corrected chi connectivity index (χ4v) is 4.12. The third-order valence-corrected chi connectivity index (χ3v) is 5.50. The number of nitrogens with zero attached hydrogens (tertiary/aromatic N) is 3. The van der Waals surface area contributed by atoms with E-state index in [1.165, 1.54) is 6.42 Å². The molecule has 1 aliphatic carbocycles. The van der Waals surface area contributed by atoms with Gasteiger partial charge in [-0.3, -0.25) is 9.78 Å². The minimum atomic E-state index is 0.0429. The van der Waals surface area contributed by atoms with Crippen LogP contribution in [0.5, 0.6) is 0 Å². The fraction of sp³-hybridized carbons (Fsp3) is 0.550. The molecule has 0 aromatic carbocycles. The van der Waals surface area contributed by atoms with E-state index in [9.17, 15) is 4.79 Å². The van der Waals surface area contributed by atoms with Gasteiger partial charge < -0.3 is 9.42 Å². The van der Waals surface area contributed by atoms with Gasteiger partial charge in [-0.25, -0.2) is 0 Å². The van der Waals surface area contributed by atoms with Crippen molar-refractivity contribution in [1.82, 2.24) is 15.0 Å². The first-order valence-corrected chi connectivity index (χ1v) is 9.51. The van der Waals surface area contributed by atoms with E-state index in [0.29, 0.717) is 5.76 Å². The summed E-state index contributed by atoms with van der Waals surface area (Å²) in [6.07, 6.45) is 11.1. The standard InChI is InChI=1S/C20H25N3O2/c24-20(19-17-9-1-2-10-18(17)22-25-19)23-14-6-4-8-16(23)12-11-15-7-3-5-13-21-15/h3,5,7,13,16H,1-2,4,6,8-12,14H2/t16-/m1/s1. The van der Waals surface area contributed by atoms with Crippen LogP contribution in [-0.2, 0) is 19.3 Å². The average Bonchev–Trinajstić information content (AvgIpc) is 3.11. The highest BCUT2D eigenvalue weighted by atomic mass is 16.5. The summed E-state index contributed by atoms with van der Waals surface area (Å²) >= 11 is 0. The van der Waals surface area contributed by atoms with Crippen LogP contribution in [0.15, 0.2) is 28.9 Å². The molecular weight excluding hydrogens is 314 g/mol. The van der Waals surface area contributed by atoms with E-state index in [0.717, 1.165) is 74.9 Å². The van der Waals surface area contributed by atoms with Crippen LogP contribution in [0, 0.1) is 0 Å². The highest BCUT2D eigenvalue weighted by Crippen LogP contribution is 2.28. The van der Waals surface area contributed by atoms with Crippen LogP contribution in [0.4, 0.5) is 0 Å². The summed E-state index contributed by atoms with van der Waals surface area (Å²) in [5, 5.41) is 4.16. The van der Waals surface area contributed by atoms with Gasteiger partial charge in [0, 0.05) is 30.0 Å². The maximum atomic E-state index is 13.1. The highest BCUT2D eigenvalue weighted by Gasteiger charge is 2.32. The van der Waals surface area contributed by atoms with E-state index in [4.69, 9.17) is 4.52 Å². The first kappa shape index (κ1) is 16.3. The second-order valence-corrected chi connectivity index (χ2v) is 7.15. The summed E-state index contributed by atoms with van der Waals surface area (Å²) in [5.74, 6) is 0.542. The first-order chi connectivity index (χ1) is 12.3. The third-order valence-electron chi connectivity index (χ3n) is 5.50. The number of fused-ring (bicyclic) bond motifs is 1. The van der Waals surface area contributed by atoms with Crippen molar-refractivity contribution in [2.24, 2.45) is 0 Å². The average molecular weight is 339 g/mol. The largest absolute Gasteiger partial charge is 0.350 e. The van der Waals surface area contributed by atoms with Crippen LogP contribution in [0.25, 0.3) is 0 Å². The van der Waals surface area contributed by atoms with Gasteiger partial charge in [-0.2, -0.15) is 0 Å². The van der Waals surface area contributed by atoms with Crippen LogP contribution in [0.1, 0.15) is 66.0 Å². The summed E-state index contributed by atoms with van der Waals surface area (Å²) in [4.78, 5) is 19.6. The topological polar surface area (TPSA) is 59.2 Å². The fourth-order valence-electron chi connectivity index (χ4n) is 4.12. The molecule has 1 amide bonds. The van der Waals surface area contributed by atoms with Crippen molar-refractivity contribution in [2.45, 2.75) is 63.8 Å². The van der Waals surface area contributed by atoms with E-state index in [1.807, 2.05) is 23.2 Å². The van der Waals surface area contributed by atoms with Crippen molar-refractivity contribution in [1.29, 1.82) is 0 Å². The molecule has 1 aliphatic heterocycles. The van der Waals surface area contributed by atoms with E-state index >= 15 is 0 Å². The lowest BCUT2D eigenvalue weighted by Gasteiger charge is -2.35. The number of likely N-dealkylation sites (tertiary alicyclic amines) is 1. The van der Waals surface area contributed by atoms with Crippen molar-refractivity contribution in [3.63, 3.8) is 0 Å². The summed E-state index contributed by atoms with van der Waals surface area (Å²) in [5.41, 5.74) is 3.15. The van der Waals surface area contributed by atoms with Gasteiger partial charge in [-0.1, -0.05) is 11.2 Å². The Kier molecular flexibility index (Phi) is 4.81. The predicted molar refractivity (Wildman–Crippen MR) is 94.4 cm³/mol. The number of piperidine rings is 1. The van der Waals surface area contributed by atoms with E-state index in [-0.39, 0.29) is 11.9 Å². The van der Waals surface area contributed by atoms with Gasteiger partial charge in [-0.05, 0) is 69.9 Å².